The molecule has 35 heavy (non-hydrogen) atoms. The lowest BCUT2D eigenvalue weighted by Gasteiger charge is -2.24. The van der Waals surface area contributed by atoms with Crippen molar-refractivity contribution in [2.45, 2.75) is 39.7 Å². The van der Waals surface area contributed by atoms with E-state index >= 15 is 0 Å². The number of hydrogen-bond acceptors (Lipinski definition) is 6. The van der Waals surface area contributed by atoms with Crippen LogP contribution >= 0.6 is 15.9 Å². The first-order valence-corrected chi connectivity index (χ1v) is 11.8. The molecule has 0 spiro atoms. The summed E-state index contributed by atoms with van der Waals surface area (Å²) >= 11 is 3.13. The molecule has 0 atom stereocenters. The summed E-state index contributed by atoms with van der Waals surface area (Å²) in [6, 6.07) is 10.4. The lowest BCUT2D eigenvalue weighted by molar-refractivity contribution is 0.0687. The van der Waals surface area contributed by atoms with Crippen LogP contribution < -0.4 is 10.2 Å². The van der Waals surface area contributed by atoms with E-state index in [0.717, 1.165) is 28.1 Å². The number of methoxy groups -OCH3 is 1. The van der Waals surface area contributed by atoms with E-state index < -0.39 is 17.8 Å². The van der Waals surface area contributed by atoms with Crippen LogP contribution in [0.3, 0.4) is 0 Å². The van der Waals surface area contributed by atoms with Gasteiger partial charge in [0.1, 0.15) is 5.56 Å². The molecule has 10 heteroatoms. The average Bonchev–Trinajstić information content (AvgIpc) is 3.31. The monoisotopic (exact) mass is 542 g/mol. The van der Waals surface area contributed by atoms with E-state index in [0.29, 0.717) is 24.1 Å². The van der Waals surface area contributed by atoms with Crippen molar-refractivity contribution in [3.63, 3.8) is 0 Å². The quantitative estimate of drug-likeness (QED) is 0.446. The fourth-order valence-electron chi connectivity index (χ4n) is 4.00. The molecule has 182 valence electrons. The van der Waals surface area contributed by atoms with Crippen LogP contribution in [-0.2, 0) is 24.1 Å². The van der Waals surface area contributed by atoms with E-state index in [1.807, 2.05) is 32.0 Å². The zero-order valence-electron chi connectivity index (χ0n) is 19.5. The summed E-state index contributed by atoms with van der Waals surface area (Å²) < 4.78 is 25.4. The second kappa shape index (κ2) is 10.4. The largest absolute Gasteiger partial charge is 0.452 e. The smallest absolute Gasteiger partial charge is 0.428 e. The Labute approximate surface area is 210 Å². The summed E-state index contributed by atoms with van der Waals surface area (Å²) in [6.45, 7) is 3.99. The van der Waals surface area contributed by atoms with Crippen molar-refractivity contribution < 1.29 is 23.5 Å². The van der Waals surface area contributed by atoms with Crippen molar-refractivity contribution in [2.24, 2.45) is 0 Å². The minimum absolute atomic E-state index is 0.0850. The fourth-order valence-corrected chi connectivity index (χ4v) is 4.34. The van der Waals surface area contributed by atoms with Gasteiger partial charge in [-0.25, -0.2) is 14.2 Å². The summed E-state index contributed by atoms with van der Waals surface area (Å²) in [5.74, 6) is -1.51. The molecule has 0 saturated carbocycles. The molecule has 1 aliphatic carbocycles. The van der Waals surface area contributed by atoms with Gasteiger partial charge in [-0.05, 0) is 77.9 Å². The molecule has 1 N–H and O–H groups in total. The zero-order chi connectivity index (χ0) is 25.1. The summed E-state index contributed by atoms with van der Waals surface area (Å²) in [7, 11) is 1.24. The van der Waals surface area contributed by atoms with Gasteiger partial charge in [0.25, 0.3) is 11.8 Å². The number of hydrazine groups is 1. The topological polar surface area (TPSA) is 93.7 Å². The molecule has 1 aliphatic rings. The standard InChI is InChI=1S/C25H24BrFN4O4/c1-14-10-11-16(15(2)12-14)13-31(25(33)34-3)30-23(32)21-17-6-4-8-19(17)28-29-24(21)35-20-9-5-7-18(26)22(20)27/h5,7,9-12H,4,6,8,13H2,1-3H3,(H,30,32). The van der Waals surface area contributed by atoms with Gasteiger partial charge in [0, 0.05) is 0 Å². The molecule has 1 heterocycles. The Kier molecular flexibility index (Phi) is 7.30. The van der Waals surface area contributed by atoms with E-state index in [1.165, 1.54) is 19.2 Å². The van der Waals surface area contributed by atoms with E-state index in [2.05, 4.69) is 31.6 Å². The molecule has 8 nitrogen and oxygen atoms in total. The maximum absolute atomic E-state index is 14.6. The number of aryl methyl sites for hydroxylation is 3. The molecule has 1 aromatic heterocycles. The number of rotatable bonds is 5. The van der Waals surface area contributed by atoms with Crippen molar-refractivity contribution in [3.8, 4) is 11.6 Å². The lowest BCUT2D eigenvalue weighted by Crippen LogP contribution is -2.46. The number of hydrogen-bond donors (Lipinski definition) is 1. The number of fused-ring (bicyclic) bond motifs is 1. The number of amides is 2. The molecule has 3 aromatic rings. The Morgan fingerprint density at radius 3 is 2.71 bits per heavy atom. The maximum Gasteiger partial charge on any atom is 0.428 e. The van der Waals surface area contributed by atoms with Crippen LogP contribution in [0.1, 0.15) is 44.7 Å². The number of halogens is 2. The van der Waals surface area contributed by atoms with Gasteiger partial charge in [0.2, 0.25) is 0 Å². The third-order valence-electron chi connectivity index (χ3n) is 5.77. The molecular weight excluding hydrogens is 519 g/mol. The van der Waals surface area contributed by atoms with E-state index in [4.69, 9.17) is 9.47 Å². The Morgan fingerprint density at radius 2 is 1.97 bits per heavy atom. The van der Waals surface area contributed by atoms with Crippen molar-refractivity contribution in [3.05, 3.63) is 80.2 Å². The highest BCUT2D eigenvalue weighted by Crippen LogP contribution is 2.33. The van der Waals surface area contributed by atoms with Crippen LogP contribution in [0.15, 0.2) is 40.9 Å². The second-order valence-corrected chi connectivity index (χ2v) is 9.09. The van der Waals surface area contributed by atoms with E-state index in [1.54, 1.807) is 6.07 Å². The van der Waals surface area contributed by atoms with Gasteiger partial charge in [-0.1, -0.05) is 29.8 Å². The van der Waals surface area contributed by atoms with Crippen LogP contribution in [0, 0.1) is 19.7 Å². The maximum atomic E-state index is 14.6. The number of carbonyl (C=O) groups is 2. The highest BCUT2D eigenvalue weighted by Gasteiger charge is 2.29. The predicted octanol–water partition coefficient (Wildman–Crippen LogP) is 5.19. The van der Waals surface area contributed by atoms with Gasteiger partial charge in [-0.2, -0.15) is 5.10 Å². The lowest BCUT2D eigenvalue weighted by atomic mass is 10.1. The van der Waals surface area contributed by atoms with Gasteiger partial charge in [-0.3, -0.25) is 10.2 Å². The molecule has 0 bridgehead atoms. The molecular formula is C25H24BrFN4O4. The summed E-state index contributed by atoms with van der Waals surface area (Å²) in [6.07, 6.45) is 1.30. The van der Waals surface area contributed by atoms with Gasteiger partial charge in [0.15, 0.2) is 11.6 Å². The van der Waals surface area contributed by atoms with E-state index in [-0.39, 0.29) is 28.2 Å². The van der Waals surface area contributed by atoms with Crippen molar-refractivity contribution in [1.82, 2.24) is 20.6 Å². The van der Waals surface area contributed by atoms with Crippen LogP contribution in [-0.4, -0.2) is 34.3 Å². The Balaban J connectivity index is 1.68. The SMILES string of the molecule is COC(=O)N(Cc1ccc(C)cc1C)NC(=O)c1c(Oc2cccc(Br)c2F)nnc2c1CCC2. The van der Waals surface area contributed by atoms with Crippen LogP contribution in [0.5, 0.6) is 11.6 Å². The van der Waals surface area contributed by atoms with Gasteiger partial charge < -0.3 is 9.47 Å². The molecule has 0 fully saturated rings. The molecule has 0 saturated heterocycles. The first-order chi connectivity index (χ1) is 16.8. The van der Waals surface area contributed by atoms with Gasteiger partial charge in [-0.15, -0.1) is 5.10 Å². The fraction of sp³-hybridized carbons (Fsp3) is 0.280. The first-order valence-electron chi connectivity index (χ1n) is 11.0. The third-order valence-corrected chi connectivity index (χ3v) is 6.39. The normalized spacial score (nSPS) is 12.1. The van der Waals surface area contributed by atoms with Crippen LogP contribution in [0.25, 0.3) is 0 Å². The number of ether oxygens (including phenoxy) is 2. The Bertz CT molecular complexity index is 1300. The molecule has 2 amide bonds. The molecule has 2 aromatic carbocycles. The van der Waals surface area contributed by atoms with Crippen molar-refractivity contribution in [2.75, 3.05) is 7.11 Å². The van der Waals surface area contributed by atoms with Crippen LogP contribution in [0.2, 0.25) is 0 Å². The summed E-state index contributed by atoms with van der Waals surface area (Å²) in [5.41, 5.74) is 6.97. The number of nitrogens with zero attached hydrogens (tertiary/aromatic N) is 3. The first kappa shape index (κ1) is 24.6. The third kappa shape index (κ3) is 5.27. The summed E-state index contributed by atoms with van der Waals surface area (Å²) in [5, 5.41) is 9.33. The second-order valence-electron chi connectivity index (χ2n) is 8.24. The van der Waals surface area contributed by atoms with Crippen LogP contribution in [0.4, 0.5) is 9.18 Å². The highest BCUT2D eigenvalue weighted by molar-refractivity contribution is 9.10. The summed E-state index contributed by atoms with van der Waals surface area (Å²) in [4.78, 5) is 26.0. The van der Waals surface area contributed by atoms with Gasteiger partial charge >= 0.3 is 6.09 Å². The molecule has 0 unspecified atom stereocenters. The molecule has 0 aliphatic heterocycles. The minimum Gasteiger partial charge on any atom is -0.452 e. The van der Waals surface area contributed by atoms with Gasteiger partial charge in [0.05, 0.1) is 23.8 Å². The number of nitrogens with one attached hydrogen (secondary N) is 1. The number of aromatic nitrogens is 2. The zero-order valence-corrected chi connectivity index (χ0v) is 21.1. The number of benzene rings is 2. The van der Waals surface area contributed by atoms with Crippen molar-refractivity contribution >= 4 is 27.9 Å². The van der Waals surface area contributed by atoms with E-state index in [9.17, 15) is 14.0 Å². The Hall–Kier alpha value is -3.53. The molecule has 0 radical (unpaired) electrons. The minimum atomic E-state index is -0.738. The highest BCUT2D eigenvalue weighted by atomic mass is 79.9. The number of carbonyl (C=O) groups excluding carboxylic acids is 2. The predicted molar refractivity (Wildman–Crippen MR) is 130 cm³/mol. The Morgan fingerprint density at radius 1 is 1.17 bits per heavy atom. The molecule has 4 rings (SSSR count). The van der Waals surface area contributed by atoms with Crippen molar-refractivity contribution in [1.29, 1.82) is 0 Å². The average molecular weight is 543 g/mol.